The van der Waals surface area contributed by atoms with Crippen LogP contribution >= 0.6 is 11.6 Å². The maximum atomic E-state index is 12.9. The summed E-state index contributed by atoms with van der Waals surface area (Å²) < 4.78 is 5.93. The summed E-state index contributed by atoms with van der Waals surface area (Å²) in [7, 11) is 0. The standard InChI is InChI=1S/C27H28ClN3O3/c28-23-12-5-4-11-22(23)27(33)31-17-8-16-30(19-20-31)18-15-26(32)29-24-13-6-7-14-25(24)34-21-9-2-1-3-10-21/h1-7,9-14H,8,15-20H2,(H,29,32). The first kappa shape index (κ1) is 23.8. The summed E-state index contributed by atoms with van der Waals surface area (Å²) >= 11 is 6.20. The van der Waals surface area contributed by atoms with Crippen molar-refractivity contribution in [2.45, 2.75) is 12.8 Å². The predicted octanol–water partition coefficient (Wildman–Crippen LogP) is 5.31. The number of rotatable bonds is 7. The molecular weight excluding hydrogens is 450 g/mol. The van der Waals surface area contributed by atoms with E-state index in [0.717, 1.165) is 19.5 Å². The van der Waals surface area contributed by atoms with Crippen LogP contribution in [0.25, 0.3) is 0 Å². The third kappa shape index (κ3) is 6.37. The van der Waals surface area contributed by atoms with Crippen molar-refractivity contribution in [2.24, 2.45) is 0 Å². The maximum absolute atomic E-state index is 12.9. The SMILES string of the molecule is O=C(CCN1CCCN(C(=O)c2ccccc2Cl)CC1)Nc1ccccc1Oc1ccccc1. The molecule has 0 atom stereocenters. The van der Waals surface area contributed by atoms with Gasteiger partial charge in [0.25, 0.3) is 5.91 Å². The molecule has 1 heterocycles. The minimum atomic E-state index is -0.0719. The summed E-state index contributed by atoms with van der Waals surface area (Å²) in [4.78, 5) is 29.6. The molecule has 0 aromatic heterocycles. The number of ether oxygens (including phenoxy) is 1. The van der Waals surface area contributed by atoms with E-state index in [0.29, 0.717) is 53.8 Å². The van der Waals surface area contributed by atoms with Gasteiger partial charge in [-0.25, -0.2) is 0 Å². The second-order valence-corrected chi connectivity index (χ2v) is 8.58. The predicted molar refractivity (Wildman–Crippen MR) is 135 cm³/mol. The first-order valence-corrected chi connectivity index (χ1v) is 11.9. The van der Waals surface area contributed by atoms with Gasteiger partial charge in [0.05, 0.1) is 16.3 Å². The van der Waals surface area contributed by atoms with Crippen LogP contribution < -0.4 is 10.1 Å². The zero-order chi connectivity index (χ0) is 23.8. The first-order chi connectivity index (χ1) is 16.6. The number of hydrogen-bond acceptors (Lipinski definition) is 4. The number of benzene rings is 3. The molecule has 0 spiro atoms. The van der Waals surface area contributed by atoms with Gasteiger partial charge in [-0.1, -0.05) is 54.1 Å². The Hall–Kier alpha value is -3.35. The van der Waals surface area contributed by atoms with Crippen molar-refractivity contribution in [3.8, 4) is 11.5 Å². The van der Waals surface area contributed by atoms with E-state index in [-0.39, 0.29) is 11.8 Å². The summed E-state index contributed by atoms with van der Waals surface area (Å²) in [5.74, 6) is 1.20. The second-order valence-electron chi connectivity index (χ2n) is 8.18. The fraction of sp³-hybridized carbons (Fsp3) is 0.259. The fourth-order valence-corrected chi connectivity index (χ4v) is 4.17. The molecule has 3 aromatic carbocycles. The van der Waals surface area contributed by atoms with Crippen LogP contribution in [0.5, 0.6) is 11.5 Å². The summed E-state index contributed by atoms with van der Waals surface area (Å²) in [5.41, 5.74) is 1.18. The Kier molecular flexibility index (Phi) is 8.17. The van der Waals surface area contributed by atoms with Crippen molar-refractivity contribution < 1.29 is 14.3 Å². The molecule has 0 bridgehead atoms. The third-order valence-electron chi connectivity index (χ3n) is 5.77. The van der Waals surface area contributed by atoms with Gasteiger partial charge in [-0.15, -0.1) is 0 Å². The molecule has 4 rings (SSSR count). The summed E-state index contributed by atoms with van der Waals surface area (Å²) in [6, 6.07) is 24.0. The largest absolute Gasteiger partial charge is 0.455 e. The van der Waals surface area contributed by atoms with E-state index < -0.39 is 0 Å². The number of amides is 2. The van der Waals surface area contributed by atoms with Gasteiger partial charge in [-0.2, -0.15) is 0 Å². The Morgan fingerprint density at radius 3 is 2.41 bits per heavy atom. The lowest BCUT2D eigenvalue weighted by molar-refractivity contribution is -0.116. The molecule has 176 valence electrons. The van der Waals surface area contributed by atoms with E-state index >= 15 is 0 Å². The zero-order valence-corrected chi connectivity index (χ0v) is 19.7. The highest BCUT2D eigenvalue weighted by Crippen LogP contribution is 2.29. The van der Waals surface area contributed by atoms with E-state index in [1.54, 1.807) is 12.1 Å². The fourth-order valence-electron chi connectivity index (χ4n) is 3.95. The van der Waals surface area contributed by atoms with Gasteiger partial charge < -0.3 is 19.9 Å². The molecule has 0 aliphatic carbocycles. The number of halogens is 1. The van der Waals surface area contributed by atoms with Crippen LogP contribution in [0.2, 0.25) is 5.02 Å². The zero-order valence-electron chi connectivity index (χ0n) is 19.0. The van der Waals surface area contributed by atoms with Crippen LogP contribution in [0.3, 0.4) is 0 Å². The van der Waals surface area contributed by atoms with E-state index in [2.05, 4.69) is 10.2 Å². The van der Waals surface area contributed by atoms with E-state index in [4.69, 9.17) is 16.3 Å². The number of nitrogens with one attached hydrogen (secondary N) is 1. The molecule has 1 fully saturated rings. The molecule has 1 N–H and O–H groups in total. The molecule has 2 amide bonds. The average molecular weight is 478 g/mol. The Bertz CT molecular complexity index is 1120. The lowest BCUT2D eigenvalue weighted by Gasteiger charge is -2.22. The van der Waals surface area contributed by atoms with Gasteiger partial charge in [0.1, 0.15) is 5.75 Å². The normalized spacial score (nSPS) is 14.3. The number of carbonyl (C=O) groups excluding carboxylic acids is 2. The third-order valence-corrected chi connectivity index (χ3v) is 6.10. The molecule has 3 aromatic rings. The van der Waals surface area contributed by atoms with Crippen molar-refractivity contribution in [3.63, 3.8) is 0 Å². The molecule has 6 nitrogen and oxygen atoms in total. The van der Waals surface area contributed by atoms with Crippen molar-refractivity contribution >= 4 is 29.1 Å². The molecule has 34 heavy (non-hydrogen) atoms. The average Bonchev–Trinajstić information content (AvgIpc) is 3.10. The number of hydrogen-bond donors (Lipinski definition) is 1. The van der Waals surface area contributed by atoms with Crippen LogP contribution in [0.4, 0.5) is 5.69 Å². The van der Waals surface area contributed by atoms with Crippen LogP contribution in [0.15, 0.2) is 78.9 Å². The van der Waals surface area contributed by atoms with Gasteiger partial charge >= 0.3 is 0 Å². The Morgan fingerprint density at radius 1 is 0.853 bits per heavy atom. The Morgan fingerprint density at radius 2 is 1.59 bits per heavy atom. The number of nitrogens with zero attached hydrogens (tertiary/aromatic N) is 2. The van der Waals surface area contributed by atoms with Crippen molar-refractivity contribution in [1.29, 1.82) is 0 Å². The topological polar surface area (TPSA) is 61.9 Å². The monoisotopic (exact) mass is 477 g/mol. The molecule has 0 radical (unpaired) electrons. The van der Waals surface area contributed by atoms with Crippen LogP contribution in [0.1, 0.15) is 23.2 Å². The van der Waals surface area contributed by atoms with Crippen LogP contribution in [-0.4, -0.2) is 54.3 Å². The highest BCUT2D eigenvalue weighted by atomic mass is 35.5. The summed E-state index contributed by atoms with van der Waals surface area (Å²) in [5, 5.41) is 3.44. The number of para-hydroxylation sites is 3. The quantitative estimate of drug-likeness (QED) is 0.501. The van der Waals surface area contributed by atoms with Crippen LogP contribution in [-0.2, 0) is 4.79 Å². The van der Waals surface area contributed by atoms with Gasteiger partial charge in [0, 0.05) is 32.6 Å². The molecule has 1 aliphatic heterocycles. The summed E-state index contributed by atoms with van der Waals surface area (Å²) in [6.45, 7) is 3.47. The smallest absolute Gasteiger partial charge is 0.255 e. The second kappa shape index (κ2) is 11.7. The molecule has 1 aliphatic rings. The molecular formula is C27H28ClN3O3. The van der Waals surface area contributed by atoms with E-state index in [1.807, 2.05) is 71.6 Å². The number of carbonyl (C=O) groups is 2. The molecule has 0 unspecified atom stereocenters. The van der Waals surface area contributed by atoms with Gasteiger partial charge in [-0.05, 0) is 49.4 Å². The van der Waals surface area contributed by atoms with Gasteiger partial charge in [0.2, 0.25) is 5.91 Å². The highest BCUT2D eigenvalue weighted by molar-refractivity contribution is 6.33. The maximum Gasteiger partial charge on any atom is 0.255 e. The summed E-state index contributed by atoms with van der Waals surface area (Å²) in [6.07, 6.45) is 1.21. The van der Waals surface area contributed by atoms with Crippen molar-refractivity contribution in [2.75, 3.05) is 38.0 Å². The molecule has 1 saturated heterocycles. The van der Waals surface area contributed by atoms with E-state index in [9.17, 15) is 9.59 Å². The first-order valence-electron chi connectivity index (χ1n) is 11.5. The van der Waals surface area contributed by atoms with E-state index in [1.165, 1.54) is 0 Å². The lowest BCUT2D eigenvalue weighted by atomic mass is 10.2. The van der Waals surface area contributed by atoms with Gasteiger partial charge in [-0.3, -0.25) is 9.59 Å². The Labute approximate surface area is 205 Å². The minimum absolute atomic E-state index is 0.0415. The van der Waals surface area contributed by atoms with Crippen molar-refractivity contribution in [3.05, 3.63) is 89.4 Å². The molecule has 0 saturated carbocycles. The lowest BCUT2D eigenvalue weighted by Crippen LogP contribution is -2.36. The van der Waals surface area contributed by atoms with Gasteiger partial charge in [0.15, 0.2) is 5.75 Å². The van der Waals surface area contributed by atoms with Crippen molar-refractivity contribution in [1.82, 2.24) is 9.80 Å². The highest BCUT2D eigenvalue weighted by Gasteiger charge is 2.22. The van der Waals surface area contributed by atoms with Crippen LogP contribution in [0, 0.1) is 0 Å². The Balaban J connectivity index is 1.28. The number of anilines is 1. The molecule has 7 heteroatoms. The minimum Gasteiger partial charge on any atom is -0.455 e.